The van der Waals surface area contributed by atoms with Crippen LogP contribution in [-0.2, 0) is 6.54 Å². The maximum atomic E-state index is 12.6. The number of rotatable bonds is 4. The lowest BCUT2D eigenvalue weighted by atomic mass is 10.2. The molecular weight excluding hydrogens is 330 g/mol. The molecular formula is C19H15N5O2. The number of hydrogen-bond donors (Lipinski definition) is 2. The number of hydrogen-bond acceptors (Lipinski definition) is 4. The Kier molecular flexibility index (Phi) is 4.03. The average Bonchev–Trinajstić information content (AvgIpc) is 3.12. The molecule has 0 aliphatic rings. The summed E-state index contributed by atoms with van der Waals surface area (Å²) in [5.41, 5.74) is 2.56. The minimum Gasteiger partial charge on any atom is -0.348 e. The quantitative estimate of drug-likeness (QED) is 0.592. The van der Waals surface area contributed by atoms with Gasteiger partial charge in [-0.1, -0.05) is 30.3 Å². The number of carbonyl (C=O) groups is 1. The molecule has 0 spiro atoms. The lowest BCUT2D eigenvalue weighted by Crippen LogP contribution is -2.23. The van der Waals surface area contributed by atoms with E-state index < -0.39 is 0 Å². The molecule has 0 saturated heterocycles. The van der Waals surface area contributed by atoms with E-state index in [0.717, 1.165) is 11.1 Å². The smallest absolute Gasteiger partial charge is 0.273 e. The number of carbonyl (C=O) groups excluding carboxylic acids is 1. The second kappa shape index (κ2) is 6.64. The van der Waals surface area contributed by atoms with Gasteiger partial charge in [-0.25, -0.2) is 9.50 Å². The molecule has 3 heterocycles. The number of aromatic amines is 1. The van der Waals surface area contributed by atoms with Crippen LogP contribution < -0.4 is 10.9 Å². The molecule has 0 fully saturated rings. The molecule has 7 heteroatoms. The lowest BCUT2D eigenvalue weighted by Gasteiger charge is -2.05. The summed E-state index contributed by atoms with van der Waals surface area (Å²) in [6.45, 7) is 0.394. The summed E-state index contributed by atoms with van der Waals surface area (Å²) in [7, 11) is 0. The number of amides is 1. The van der Waals surface area contributed by atoms with Gasteiger partial charge >= 0.3 is 0 Å². The van der Waals surface area contributed by atoms with Crippen LogP contribution in [0, 0.1) is 0 Å². The van der Waals surface area contributed by atoms with Crippen LogP contribution in [-0.4, -0.2) is 25.5 Å². The molecule has 1 amide bonds. The lowest BCUT2D eigenvalue weighted by molar-refractivity contribution is 0.0952. The minimum atomic E-state index is -0.300. The number of benzene rings is 1. The zero-order valence-electron chi connectivity index (χ0n) is 13.7. The van der Waals surface area contributed by atoms with E-state index in [1.54, 1.807) is 24.5 Å². The van der Waals surface area contributed by atoms with E-state index in [-0.39, 0.29) is 17.1 Å². The van der Waals surface area contributed by atoms with Crippen molar-refractivity contribution in [3.63, 3.8) is 0 Å². The predicted octanol–water partition coefficient (Wildman–Crippen LogP) is 2.01. The van der Waals surface area contributed by atoms with Gasteiger partial charge in [0.2, 0.25) is 0 Å². The SMILES string of the molecule is O=C(NCc1ccccc1)c1c[nH]n2c(=O)cc(-c3ccncc3)nc12. The van der Waals surface area contributed by atoms with Gasteiger partial charge in [0.25, 0.3) is 11.5 Å². The Hall–Kier alpha value is -3.74. The number of pyridine rings is 1. The van der Waals surface area contributed by atoms with E-state index in [1.165, 1.54) is 16.8 Å². The van der Waals surface area contributed by atoms with Gasteiger partial charge in [-0.15, -0.1) is 0 Å². The van der Waals surface area contributed by atoms with Gasteiger partial charge in [-0.05, 0) is 17.7 Å². The third kappa shape index (κ3) is 2.98. The number of nitrogens with zero attached hydrogens (tertiary/aromatic N) is 3. The first-order valence-electron chi connectivity index (χ1n) is 8.06. The van der Waals surface area contributed by atoms with Gasteiger partial charge < -0.3 is 5.32 Å². The first kappa shape index (κ1) is 15.8. The van der Waals surface area contributed by atoms with Crippen molar-refractivity contribution in [1.82, 2.24) is 24.9 Å². The third-order valence-electron chi connectivity index (χ3n) is 4.01. The Morgan fingerprint density at radius 2 is 1.88 bits per heavy atom. The Balaban J connectivity index is 1.68. The first-order valence-corrected chi connectivity index (χ1v) is 8.06. The Morgan fingerprint density at radius 1 is 1.12 bits per heavy atom. The highest BCUT2D eigenvalue weighted by atomic mass is 16.2. The fraction of sp³-hybridized carbons (Fsp3) is 0.0526. The molecule has 0 saturated carbocycles. The van der Waals surface area contributed by atoms with Crippen molar-refractivity contribution in [3.05, 3.63) is 88.6 Å². The molecule has 26 heavy (non-hydrogen) atoms. The zero-order valence-corrected chi connectivity index (χ0v) is 13.7. The summed E-state index contributed by atoms with van der Waals surface area (Å²) in [5, 5.41) is 5.63. The van der Waals surface area contributed by atoms with Gasteiger partial charge in [0.1, 0.15) is 5.56 Å². The topological polar surface area (TPSA) is 92.2 Å². The Morgan fingerprint density at radius 3 is 2.65 bits per heavy atom. The fourth-order valence-corrected chi connectivity index (χ4v) is 2.69. The summed E-state index contributed by atoms with van der Waals surface area (Å²) in [5.74, 6) is -0.300. The molecule has 0 unspecified atom stereocenters. The van der Waals surface area contributed by atoms with E-state index in [0.29, 0.717) is 17.8 Å². The normalized spacial score (nSPS) is 10.8. The molecule has 128 valence electrons. The van der Waals surface area contributed by atoms with Gasteiger partial charge in [-0.3, -0.25) is 19.7 Å². The molecule has 4 aromatic rings. The Labute approximate surface area is 148 Å². The van der Waals surface area contributed by atoms with E-state index >= 15 is 0 Å². The van der Waals surface area contributed by atoms with Crippen molar-refractivity contribution >= 4 is 11.6 Å². The van der Waals surface area contributed by atoms with Gasteiger partial charge in [0.15, 0.2) is 5.65 Å². The molecule has 4 rings (SSSR count). The van der Waals surface area contributed by atoms with E-state index in [1.807, 2.05) is 30.3 Å². The van der Waals surface area contributed by atoms with Crippen LogP contribution >= 0.6 is 0 Å². The van der Waals surface area contributed by atoms with Gasteiger partial charge in [0.05, 0.1) is 5.69 Å². The Bertz CT molecular complexity index is 1120. The van der Waals surface area contributed by atoms with Crippen LogP contribution in [0.3, 0.4) is 0 Å². The zero-order chi connectivity index (χ0) is 17.9. The van der Waals surface area contributed by atoms with Gasteiger partial charge in [0, 0.05) is 36.8 Å². The predicted molar refractivity (Wildman–Crippen MR) is 96.7 cm³/mol. The second-order valence-corrected chi connectivity index (χ2v) is 5.73. The molecule has 2 N–H and O–H groups in total. The second-order valence-electron chi connectivity index (χ2n) is 5.73. The third-order valence-corrected chi connectivity index (χ3v) is 4.01. The summed E-state index contributed by atoms with van der Waals surface area (Å²) < 4.78 is 1.25. The number of nitrogens with one attached hydrogen (secondary N) is 2. The van der Waals surface area contributed by atoms with Crippen molar-refractivity contribution in [1.29, 1.82) is 0 Å². The summed E-state index contributed by atoms with van der Waals surface area (Å²) >= 11 is 0. The molecule has 0 radical (unpaired) electrons. The van der Waals surface area contributed by atoms with E-state index in [4.69, 9.17) is 0 Å². The van der Waals surface area contributed by atoms with Crippen LogP contribution in [0.5, 0.6) is 0 Å². The molecule has 0 aliphatic carbocycles. The molecule has 3 aromatic heterocycles. The highest BCUT2D eigenvalue weighted by Crippen LogP contribution is 2.16. The van der Waals surface area contributed by atoms with Crippen LogP contribution in [0.2, 0.25) is 0 Å². The van der Waals surface area contributed by atoms with Crippen LogP contribution in [0.25, 0.3) is 16.9 Å². The monoisotopic (exact) mass is 345 g/mol. The molecule has 7 nitrogen and oxygen atoms in total. The van der Waals surface area contributed by atoms with Crippen LogP contribution in [0.1, 0.15) is 15.9 Å². The average molecular weight is 345 g/mol. The maximum Gasteiger partial charge on any atom is 0.273 e. The minimum absolute atomic E-state index is 0.287. The highest BCUT2D eigenvalue weighted by molar-refractivity contribution is 5.99. The maximum absolute atomic E-state index is 12.6. The van der Waals surface area contributed by atoms with E-state index in [9.17, 15) is 9.59 Å². The van der Waals surface area contributed by atoms with Crippen molar-refractivity contribution in [2.75, 3.05) is 0 Å². The number of fused-ring (bicyclic) bond motifs is 1. The standard InChI is InChI=1S/C19H15N5O2/c25-17-10-16(14-6-8-20-9-7-14)23-18-15(12-22-24(17)18)19(26)21-11-13-4-2-1-3-5-13/h1-10,12,22H,11H2,(H,21,26). The largest absolute Gasteiger partial charge is 0.348 e. The van der Waals surface area contributed by atoms with Crippen molar-refractivity contribution in [2.45, 2.75) is 6.54 Å². The van der Waals surface area contributed by atoms with Crippen LogP contribution in [0.4, 0.5) is 0 Å². The number of H-pyrrole nitrogens is 1. The highest BCUT2D eigenvalue weighted by Gasteiger charge is 2.16. The fourth-order valence-electron chi connectivity index (χ4n) is 2.69. The van der Waals surface area contributed by atoms with Crippen LogP contribution in [0.15, 0.2) is 71.9 Å². The van der Waals surface area contributed by atoms with Crippen molar-refractivity contribution < 1.29 is 4.79 Å². The summed E-state index contributed by atoms with van der Waals surface area (Å²) in [6.07, 6.45) is 4.74. The van der Waals surface area contributed by atoms with Crippen molar-refractivity contribution in [2.24, 2.45) is 0 Å². The molecule has 0 aliphatic heterocycles. The molecule has 1 aromatic carbocycles. The molecule has 0 atom stereocenters. The number of aromatic nitrogens is 4. The van der Waals surface area contributed by atoms with Gasteiger partial charge in [-0.2, -0.15) is 0 Å². The molecule has 0 bridgehead atoms. The van der Waals surface area contributed by atoms with E-state index in [2.05, 4.69) is 20.4 Å². The van der Waals surface area contributed by atoms with Crippen molar-refractivity contribution in [3.8, 4) is 11.3 Å². The summed E-state index contributed by atoms with van der Waals surface area (Å²) in [6, 6.07) is 14.6. The first-order chi connectivity index (χ1) is 12.7. The summed E-state index contributed by atoms with van der Waals surface area (Å²) in [4.78, 5) is 33.3.